The van der Waals surface area contributed by atoms with E-state index in [0.29, 0.717) is 55.1 Å². The number of carbonyl (C=O) groups is 3. The molecule has 1 aromatic rings. The molecule has 0 bridgehead atoms. The van der Waals surface area contributed by atoms with Crippen LogP contribution in [-0.4, -0.2) is 70.6 Å². The summed E-state index contributed by atoms with van der Waals surface area (Å²) in [6.07, 6.45) is 1.74. The van der Waals surface area contributed by atoms with Crippen molar-refractivity contribution in [2.75, 3.05) is 26.3 Å². The molecule has 8 heteroatoms. The average molecular weight is 375 g/mol. The molecular weight excluding hydrogens is 350 g/mol. The van der Waals surface area contributed by atoms with Gasteiger partial charge >= 0.3 is 5.97 Å². The first kappa shape index (κ1) is 18.0. The molecule has 3 aliphatic heterocycles. The number of amides is 2. The van der Waals surface area contributed by atoms with Crippen LogP contribution in [0.15, 0.2) is 0 Å². The number of nitrogens with one attached hydrogen (secondary N) is 1. The number of hydrogen-bond donors (Lipinski definition) is 1. The van der Waals surface area contributed by atoms with Gasteiger partial charge in [-0.25, -0.2) is 4.79 Å². The van der Waals surface area contributed by atoms with Crippen molar-refractivity contribution in [1.82, 2.24) is 14.8 Å². The third-order valence-electron chi connectivity index (χ3n) is 6.00. The van der Waals surface area contributed by atoms with Crippen LogP contribution in [0, 0.1) is 13.8 Å². The third kappa shape index (κ3) is 2.50. The second kappa shape index (κ2) is 6.37. The fourth-order valence-electron chi connectivity index (χ4n) is 4.81. The van der Waals surface area contributed by atoms with Crippen LogP contribution in [0.1, 0.15) is 58.3 Å². The van der Waals surface area contributed by atoms with Crippen LogP contribution in [0.2, 0.25) is 0 Å². The number of aromatic amines is 1. The standard InChI is InChI=1S/C19H25N3O5/c1-4-26-18(25)16-11(2)15(12(3)20-16)17(24)21-8-6-19-13(21)10-14(23)22(19)7-5-9-27-19/h13,20H,4-10H2,1-3H3/t13-,19+/m1/s1. The van der Waals surface area contributed by atoms with E-state index < -0.39 is 11.7 Å². The molecule has 3 saturated heterocycles. The third-order valence-corrected chi connectivity index (χ3v) is 6.00. The number of rotatable bonds is 3. The van der Waals surface area contributed by atoms with Gasteiger partial charge in [0.05, 0.1) is 31.2 Å². The lowest BCUT2D eigenvalue weighted by atomic mass is 10.0. The minimum absolute atomic E-state index is 0.0481. The normalized spacial score (nSPS) is 26.9. The lowest BCUT2D eigenvalue weighted by molar-refractivity contribution is -0.179. The Morgan fingerprint density at radius 3 is 2.85 bits per heavy atom. The summed E-state index contributed by atoms with van der Waals surface area (Å²) in [6.45, 7) is 7.36. The van der Waals surface area contributed by atoms with Gasteiger partial charge in [0.15, 0.2) is 5.72 Å². The number of aromatic nitrogens is 1. The maximum absolute atomic E-state index is 13.4. The largest absolute Gasteiger partial charge is 0.461 e. The molecule has 3 aliphatic rings. The van der Waals surface area contributed by atoms with Crippen molar-refractivity contribution in [1.29, 1.82) is 0 Å². The van der Waals surface area contributed by atoms with Gasteiger partial charge in [-0.1, -0.05) is 0 Å². The Balaban J connectivity index is 1.65. The minimum Gasteiger partial charge on any atom is -0.461 e. The molecule has 1 aromatic heterocycles. The van der Waals surface area contributed by atoms with Gasteiger partial charge in [0.1, 0.15) is 5.69 Å². The highest BCUT2D eigenvalue weighted by Crippen LogP contribution is 2.45. The van der Waals surface area contributed by atoms with Gasteiger partial charge in [-0.15, -0.1) is 0 Å². The summed E-state index contributed by atoms with van der Waals surface area (Å²) in [7, 11) is 0. The highest BCUT2D eigenvalue weighted by atomic mass is 16.5. The molecule has 146 valence electrons. The first-order valence-electron chi connectivity index (χ1n) is 9.52. The fraction of sp³-hybridized carbons (Fsp3) is 0.632. The van der Waals surface area contributed by atoms with Crippen molar-refractivity contribution >= 4 is 17.8 Å². The lowest BCUT2D eigenvalue weighted by Crippen LogP contribution is -2.56. The monoisotopic (exact) mass is 375 g/mol. The number of carbonyl (C=O) groups excluding carboxylic acids is 3. The first-order chi connectivity index (χ1) is 12.9. The van der Waals surface area contributed by atoms with Crippen molar-refractivity contribution in [2.45, 2.75) is 51.8 Å². The van der Waals surface area contributed by atoms with Crippen molar-refractivity contribution in [3.05, 3.63) is 22.5 Å². The summed E-state index contributed by atoms with van der Waals surface area (Å²) in [4.78, 5) is 44.5. The van der Waals surface area contributed by atoms with E-state index in [1.54, 1.807) is 25.7 Å². The fourth-order valence-corrected chi connectivity index (χ4v) is 4.81. The van der Waals surface area contributed by atoms with E-state index in [2.05, 4.69) is 4.98 Å². The van der Waals surface area contributed by atoms with Crippen molar-refractivity contribution in [2.24, 2.45) is 0 Å². The molecule has 4 rings (SSSR count). The SMILES string of the molecule is CCOC(=O)c1[nH]c(C)c(C(=O)N2CC[C@@]34OCCCN3C(=O)C[C@@H]24)c1C. The van der Waals surface area contributed by atoms with E-state index in [1.165, 1.54) is 0 Å². The van der Waals surface area contributed by atoms with E-state index in [0.717, 1.165) is 6.42 Å². The lowest BCUT2D eigenvalue weighted by Gasteiger charge is -2.42. The zero-order valence-electron chi connectivity index (χ0n) is 16.0. The highest BCUT2D eigenvalue weighted by Gasteiger charge is 2.61. The molecule has 0 radical (unpaired) electrons. The molecule has 2 atom stereocenters. The Hall–Kier alpha value is -2.35. The van der Waals surface area contributed by atoms with E-state index in [4.69, 9.17) is 9.47 Å². The van der Waals surface area contributed by atoms with E-state index in [-0.39, 0.29) is 24.5 Å². The van der Waals surface area contributed by atoms with Crippen LogP contribution < -0.4 is 0 Å². The molecular formula is C19H25N3O5. The van der Waals surface area contributed by atoms with Crippen LogP contribution in [0.25, 0.3) is 0 Å². The van der Waals surface area contributed by atoms with E-state index in [1.807, 2.05) is 4.90 Å². The summed E-state index contributed by atoms with van der Waals surface area (Å²) in [5, 5.41) is 0. The summed E-state index contributed by atoms with van der Waals surface area (Å²) in [5.41, 5.74) is 1.34. The number of esters is 1. The Morgan fingerprint density at radius 2 is 2.11 bits per heavy atom. The van der Waals surface area contributed by atoms with Gasteiger partial charge < -0.3 is 24.3 Å². The molecule has 0 aromatic carbocycles. The Morgan fingerprint density at radius 1 is 1.33 bits per heavy atom. The maximum Gasteiger partial charge on any atom is 0.355 e. The van der Waals surface area contributed by atoms with Crippen molar-refractivity contribution in [3.8, 4) is 0 Å². The van der Waals surface area contributed by atoms with Gasteiger partial charge in [-0.3, -0.25) is 9.59 Å². The molecule has 2 amide bonds. The topological polar surface area (TPSA) is 91.9 Å². The Bertz CT molecular complexity index is 817. The minimum atomic E-state index is -0.674. The molecule has 27 heavy (non-hydrogen) atoms. The van der Waals surface area contributed by atoms with E-state index in [9.17, 15) is 14.4 Å². The van der Waals surface area contributed by atoms with Gasteiger partial charge in [0.2, 0.25) is 5.91 Å². The molecule has 8 nitrogen and oxygen atoms in total. The quantitative estimate of drug-likeness (QED) is 0.806. The number of likely N-dealkylation sites (tertiary alicyclic amines) is 1. The summed E-state index contributed by atoms with van der Waals surface area (Å²) < 4.78 is 11.1. The summed E-state index contributed by atoms with van der Waals surface area (Å²) in [6, 6.07) is -0.280. The van der Waals surface area contributed by atoms with E-state index >= 15 is 0 Å². The second-order valence-electron chi connectivity index (χ2n) is 7.41. The zero-order valence-corrected chi connectivity index (χ0v) is 16.0. The molecule has 0 aliphatic carbocycles. The molecule has 3 fully saturated rings. The van der Waals surface area contributed by atoms with Gasteiger partial charge in [-0.05, 0) is 32.8 Å². The smallest absolute Gasteiger partial charge is 0.355 e. The summed E-state index contributed by atoms with van der Waals surface area (Å²) >= 11 is 0. The number of ether oxygens (including phenoxy) is 2. The van der Waals surface area contributed by atoms with Crippen LogP contribution in [0.4, 0.5) is 0 Å². The number of hydrogen-bond acceptors (Lipinski definition) is 5. The van der Waals surface area contributed by atoms with Gasteiger partial charge in [0.25, 0.3) is 5.91 Å². The molecule has 1 spiro atoms. The molecule has 4 heterocycles. The molecule has 0 saturated carbocycles. The van der Waals surface area contributed by atoms with Crippen LogP contribution in [0.5, 0.6) is 0 Å². The Kier molecular flexibility index (Phi) is 4.25. The number of nitrogens with zero attached hydrogens (tertiary/aromatic N) is 2. The maximum atomic E-state index is 13.4. The highest BCUT2D eigenvalue weighted by molar-refractivity contribution is 6.02. The Labute approximate surface area is 157 Å². The van der Waals surface area contributed by atoms with Crippen LogP contribution in [-0.2, 0) is 14.3 Å². The zero-order chi connectivity index (χ0) is 19.3. The summed E-state index contributed by atoms with van der Waals surface area (Å²) in [5.74, 6) is -0.581. The van der Waals surface area contributed by atoms with Crippen molar-refractivity contribution < 1.29 is 23.9 Å². The number of aryl methyl sites for hydroxylation is 1. The average Bonchev–Trinajstić information content (AvgIpc) is 3.22. The van der Waals surface area contributed by atoms with Crippen LogP contribution in [0.3, 0.4) is 0 Å². The second-order valence-corrected chi connectivity index (χ2v) is 7.41. The predicted octanol–water partition coefficient (Wildman–Crippen LogP) is 1.37. The van der Waals surface area contributed by atoms with Crippen LogP contribution >= 0.6 is 0 Å². The van der Waals surface area contributed by atoms with Gasteiger partial charge in [-0.2, -0.15) is 0 Å². The first-order valence-corrected chi connectivity index (χ1v) is 9.52. The molecule has 1 N–H and O–H groups in total. The molecule has 0 unspecified atom stereocenters. The van der Waals surface area contributed by atoms with Gasteiger partial charge in [0, 0.05) is 25.2 Å². The predicted molar refractivity (Wildman–Crippen MR) is 95.3 cm³/mol. The van der Waals surface area contributed by atoms with Crippen molar-refractivity contribution in [3.63, 3.8) is 0 Å². The number of H-pyrrole nitrogens is 1.